The van der Waals surface area contributed by atoms with E-state index in [1.807, 2.05) is 0 Å². The third-order valence-corrected chi connectivity index (χ3v) is 6.20. The van der Waals surface area contributed by atoms with E-state index >= 15 is 0 Å². The van der Waals surface area contributed by atoms with Gasteiger partial charge >= 0.3 is 5.97 Å². The average molecular weight is 336 g/mol. The lowest BCUT2D eigenvalue weighted by Gasteiger charge is -2.23. The maximum atomic E-state index is 11.9. The van der Waals surface area contributed by atoms with E-state index in [9.17, 15) is 15.0 Å². The molecule has 0 saturated heterocycles. The molecular formula is C20H32O4. The second-order valence-electron chi connectivity index (χ2n) is 7.90. The van der Waals surface area contributed by atoms with Gasteiger partial charge < -0.3 is 14.9 Å². The van der Waals surface area contributed by atoms with Crippen LogP contribution < -0.4 is 0 Å². The van der Waals surface area contributed by atoms with Gasteiger partial charge in [0.25, 0.3) is 0 Å². The summed E-state index contributed by atoms with van der Waals surface area (Å²) in [5.74, 6) is 1.08. The lowest BCUT2D eigenvalue weighted by molar-refractivity contribution is -0.140. The first-order chi connectivity index (χ1) is 11.6. The van der Waals surface area contributed by atoms with Crippen LogP contribution in [-0.2, 0) is 9.53 Å². The summed E-state index contributed by atoms with van der Waals surface area (Å²) < 4.78 is 5.58. The maximum absolute atomic E-state index is 11.9. The lowest BCUT2D eigenvalue weighted by atomic mass is 9.87. The fourth-order valence-corrected chi connectivity index (χ4v) is 4.76. The SMILES string of the molecule is O=C1CCCCCCC2=C(C[C@@H](O)[C@@H]2CC[C@H](O)C2CCCC2)O1. The van der Waals surface area contributed by atoms with Crippen LogP contribution in [0.2, 0.25) is 0 Å². The van der Waals surface area contributed by atoms with Crippen molar-refractivity contribution >= 4 is 5.97 Å². The zero-order chi connectivity index (χ0) is 16.9. The van der Waals surface area contributed by atoms with Gasteiger partial charge in [-0.15, -0.1) is 0 Å². The van der Waals surface area contributed by atoms with Crippen LogP contribution >= 0.6 is 0 Å². The number of hydrogen-bond acceptors (Lipinski definition) is 4. The zero-order valence-corrected chi connectivity index (χ0v) is 14.7. The normalized spacial score (nSPS) is 31.0. The van der Waals surface area contributed by atoms with Gasteiger partial charge in [0.05, 0.1) is 12.2 Å². The minimum Gasteiger partial charge on any atom is -0.431 e. The van der Waals surface area contributed by atoms with E-state index in [0.717, 1.165) is 69.1 Å². The van der Waals surface area contributed by atoms with Crippen LogP contribution in [0.1, 0.15) is 83.5 Å². The Hall–Kier alpha value is -0.870. The number of aliphatic hydroxyl groups excluding tert-OH is 2. The molecule has 0 aromatic rings. The number of aliphatic hydroxyl groups is 2. The Morgan fingerprint density at radius 1 is 1.04 bits per heavy atom. The smallest absolute Gasteiger partial charge is 0.310 e. The number of carbonyl (C=O) groups excluding carboxylic acids is 1. The van der Waals surface area contributed by atoms with Crippen molar-refractivity contribution in [2.75, 3.05) is 0 Å². The minimum atomic E-state index is -0.459. The van der Waals surface area contributed by atoms with Crippen molar-refractivity contribution in [3.05, 3.63) is 11.3 Å². The predicted octanol–water partition coefficient (Wildman–Crippen LogP) is 3.85. The van der Waals surface area contributed by atoms with Crippen molar-refractivity contribution in [2.45, 2.75) is 95.7 Å². The van der Waals surface area contributed by atoms with E-state index in [1.165, 1.54) is 12.8 Å². The van der Waals surface area contributed by atoms with E-state index in [4.69, 9.17) is 4.74 Å². The highest BCUT2D eigenvalue weighted by molar-refractivity contribution is 5.70. The van der Waals surface area contributed by atoms with Gasteiger partial charge in [0.2, 0.25) is 0 Å². The highest BCUT2D eigenvalue weighted by Gasteiger charge is 2.36. The number of rotatable bonds is 4. The summed E-state index contributed by atoms with van der Waals surface area (Å²) in [6, 6.07) is 0. The van der Waals surface area contributed by atoms with Gasteiger partial charge in [0, 0.05) is 18.8 Å². The fourth-order valence-electron chi connectivity index (χ4n) is 4.76. The van der Waals surface area contributed by atoms with Crippen molar-refractivity contribution < 1.29 is 19.7 Å². The van der Waals surface area contributed by atoms with Crippen molar-refractivity contribution in [2.24, 2.45) is 11.8 Å². The fraction of sp³-hybridized carbons (Fsp3) is 0.850. The Kier molecular flexibility index (Phi) is 6.34. The largest absolute Gasteiger partial charge is 0.431 e. The molecule has 2 aliphatic carbocycles. The molecule has 1 heterocycles. The molecule has 0 amide bonds. The lowest BCUT2D eigenvalue weighted by Crippen LogP contribution is -2.22. The van der Waals surface area contributed by atoms with Gasteiger partial charge in [0.1, 0.15) is 5.76 Å². The van der Waals surface area contributed by atoms with Gasteiger partial charge in [-0.05, 0) is 56.4 Å². The summed E-state index contributed by atoms with van der Waals surface area (Å²) in [5, 5.41) is 20.9. The van der Waals surface area contributed by atoms with Crippen LogP contribution in [0.25, 0.3) is 0 Å². The van der Waals surface area contributed by atoms with E-state index in [2.05, 4.69) is 0 Å². The first-order valence-electron chi connectivity index (χ1n) is 9.94. The summed E-state index contributed by atoms with van der Waals surface area (Å²) in [6.45, 7) is 0. The van der Waals surface area contributed by atoms with Gasteiger partial charge in [-0.1, -0.05) is 25.7 Å². The summed E-state index contributed by atoms with van der Waals surface area (Å²) in [7, 11) is 0. The molecule has 0 radical (unpaired) electrons. The van der Waals surface area contributed by atoms with Crippen molar-refractivity contribution in [1.82, 2.24) is 0 Å². The average Bonchev–Trinajstić information content (AvgIpc) is 3.18. The van der Waals surface area contributed by atoms with E-state index < -0.39 is 6.10 Å². The third-order valence-electron chi connectivity index (χ3n) is 6.20. The first kappa shape index (κ1) is 17.9. The van der Waals surface area contributed by atoms with Crippen LogP contribution in [-0.4, -0.2) is 28.4 Å². The quantitative estimate of drug-likeness (QED) is 0.765. The second kappa shape index (κ2) is 8.48. The van der Waals surface area contributed by atoms with Crippen LogP contribution in [0.4, 0.5) is 0 Å². The summed E-state index contributed by atoms with van der Waals surface area (Å²) in [4.78, 5) is 11.9. The molecule has 0 bridgehead atoms. The molecule has 136 valence electrons. The Morgan fingerprint density at radius 3 is 2.50 bits per heavy atom. The molecule has 0 unspecified atom stereocenters. The summed E-state index contributed by atoms with van der Waals surface area (Å²) >= 11 is 0. The van der Waals surface area contributed by atoms with Gasteiger partial charge in [0.15, 0.2) is 0 Å². The number of carbonyl (C=O) groups is 1. The molecule has 0 spiro atoms. The third kappa shape index (κ3) is 4.40. The first-order valence-corrected chi connectivity index (χ1v) is 9.94. The van der Waals surface area contributed by atoms with Crippen molar-refractivity contribution in [3.8, 4) is 0 Å². The number of esters is 1. The molecule has 0 aromatic heterocycles. The maximum Gasteiger partial charge on any atom is 0.310 e. The molecule has 4 nitrogen and oxygen atoms in total. The Balaban J connectivity index is 1.63. The van der Waals surface area contributed by atoms with Crippen LogP contribution in [0, 0.1) is 11.8 Å². The Labute approximate surface area is 145 Å². The zero-order valence-electron chi connectivity index (χ0n) is 14.7. The molecular weight excluding hydrogens is 304 g/mol. The number of ether oxygens (including phenoxy) is 1. The second-order valence-corrected chi connectivity index (χ2v) is 7.90. The molecule has 3 aliphatic rings. The number of hydrogen-bond donors (Lipinski definition) is 2. The molecule has 3 atom stereocenters. The molecule has 4 heteroatoms. The van der Waals surface area contributed by atoms with Crippen LogP contribution in [0.15, 0.2) is 11.3 Å². The predicted molar refractivity (Wildman–Crippen MR) is 92.1 cm³/mol. The summed E-state index contributed by atoms with van der Waals surface area (Å²) in [6.07, 6.45) is 11.7. The molecule has 24 heavy (non-hydrogen) atoms. The monoisotopic (exact) mass is 336 g/mol. The highest BCUT2D eigenvalue weighted by atomic mass is 16.5. The Bertz CT molecular complexity index is 464. The Morgan fingerprint density at radius 2 is 1.75 bits per heavy atom. The van der Waals surface area contributed by atoms with Gasteiger partial charge in [-0.2, -0.15) is 0 Å². The van der Waals surface area contributed by atoms with Gasteiger partial charge in [-0.3, -0.25) is 4.79 Å². The molecule has 1 fully saturated rings. The van der Waals surface area contributed by atoms with E-state index in [0.29, 0.717) is 18.8 Å². The molecule has 1 saturated carbocycles. The van der Waals surface area contributed by atoms with Crippen molar-refractivity contribution in [3.63, 3.8) is 0 Å². The highest BCUT2D eigenvalue weighted by Crippen LogP contribution is 2.40. The molecule has 3 rings (SSSR count). The minimum absolute atomic E-state index is 0.0586. The van der Waals surface area contributed by atoms with Crippen LogP contribution in [0.3, 0.4) is 0 Å². The van der Waals surface area contributed by atoms with E-state index in [1.54, 1.807) is 0 Å². The standard InChI is InChI=1S/C20H32O4/c21-17(14-7-5-6-8-14)12-11-15-16-9-3-1-2-4-10-20(23)24-19(16)13-18(15)22/h14-15,17-18,21-22H,1-13H2/t15-,17+,18-/m1/s1. The molecule has 2 N–H and O–H groups in total. The van der Waals surface area contributed by atoms with E-state index in [-0.39, 0.29) is 18.0 Å². The molecule has 1 aliphatic heterocycles. The topological polar surface area (TPSA) is 66.8 Å². The summed E-state index contributed by atoms with van der Waals surface area (Å²) in [5.41, 5.74) is 1.15. The van der Waals surface area contributed by atoms with Crippen molar-refractivity contribution in [1.29, 1.82) is 0 Å². The van der Waals surface area contributed by atoms with Gasteiger partial charge in [-0.25, -0.2) is 0 Å². The van der Waals surface area contributed by atoms with Crippen LogP contribution in [0.5, 0.6) is 0 Å². The molecule has 0 aromatic carbocycles.